The van der Waals surface area contributed by atoms with E-state index in [1.807, 2.05) is 58.0 Å². The molecule has 2 N–H and O–H groups in total. The van der Waals surface area contributed by atoms with E-state index in [0.717, 1.165) is 29.8 Å². The van der Waals surface area contributed by atoms with Crippen LogP contribution in [0.5, 0.6) is 0 Å². The van der Waals surface area contributed by atoms with Gasteiger partial charge < -0.3 is 10.5 Å². The molecule has 1 aromatic carbocycles. The summed E-state index contributed by atoms with van der Waals surface area (Å²) < 4.78 is 7.30. The maximum atomic E-state index is 12.6. The van der Waals surface area contributed by atoms with E-state index in [4.69, 9.17) is 15.6 Å². The molecule has 25 heavy (non-hydrogen) atoms. The van der Waals surface area contributed by atoms with Crippen LogP contribution in [0.1, 0.15) is 50.9 Å². The van der Waals surface area contributed by atoms with Crippen molar-refractivity contribution in [1.29, 1.82) is 0 Å². The number of likely N-dealkylation sites (tertiary alicyclic amines) is 1. The van der Waals surface area contributed by atoms with Gasteiger partial charge in [0.2, 0.25) is 0 Å². The highest BCUT2D eigenvalue weighted by Gasteiger charge is 2.36. The third-order valence-electron chi connectivity index (χ3n) is 4.40. The lowest BCUT2D eigenvalue weighted by atomic mass is 10.1. The molecule has 0 radical (unpaired) electrons. The van der Waals surface area contributed by atoms with Crippen molar-refractivity contribution in [3.8, 4) is 5.69 Å². The molecule has 1 aliphatic heterocycles. The highest BCUT2D eigenvalue weighted by molar-refractivity contribution is 5.69. The number of nitrogens with zero attached hydrogens (tertiary/aromatic N) is 3. The van der Waals surface area contributed by atoms with Gasteiger partial charge in [0.1, 0.15) is 11.4 Å². The SMILES string of the molecule is Cc1c([C@@H]2CCCN2C(=O)OC(C)(C)C)nn(-c2ccccc2)c1N. The second-order valence-corrected chi connectivity index (χ2v) is 7.47. The molecule has 3 rings (SSSR count). The molecule has 6 heteroatoms. The van der Waals surface area contributed by atoms with Crippen molar-refractivity contribution in [2.24, 2.45) is 0 Å². The lowest BCUT2D eigenvalue weighted by molar-refractivity contribution is 0.0221. The Morgan fingerprint density at radius 1 is 1.28 bits per heavy atom. The first kappa shape index (κ1) is 17.3. The van der Waals surface area contributed by atoms with E-state index < -0.39 is 5.60 Å². The number of hydrogen-bond donors (Lipinski definition) is 1. The number of nitrogens with two attached hydrogens (primary N) is 1. The van der Waals surface area contributed by atoms with Gasteiger partial charge in [-0.2, -0.15) is 5.10 Å². The molecule has 0 bridgehead atoms. The van der Waals surface area contributed by atoms with Gasteiger partial charge in [-0.1, -0.05) is 18.2 Å². The molecule has 1 saturated heterocycles. The van der Waals surface area contributed by atoms with Crippen molar-refractivity contribution in [1.82, 2.24) is 14.7 Å². The van der Waals surface area contributed by atoms with Crippen molar-refractivity contribution < 1.29 is 9.53 Å². The molecular formula is C19H26N4O2. The summed E-state index contributed by atoms with van der Waals surface area (Å²) in [6.45, 7) is 8.27. The van der Waals surface area contributed by atoms with Gasteiger partial charge in [0.05, 0.1) is 17.4 Å². The molecular weight excluding hydrogens is 316 g/mol. The van der Waals surface area contributed by atoms with Crippen LogP contribution in [0.2, 0.25) is 0 Å². The summed E-state index contributed by atoms with van der Waals surface area (Å²) in [6.07, 6.45) is 1.51. The van der Waals surface area contributed by atoms with Gasteiger partial charge in [-0.3, -0.25) is 4.90 Å². The fraction of sp³-hybridized carbons (Fsp3) is 0.474. The Hall–Kier alpha value is -2.50. The number of anilines is 1. The zero-order valence-electron chi connectivity index (χ0n) is 15.3. The molecule has 1 amide bonds. The Kier molecular flexibility index (Phi) is 4.45. The summed E-state index contributed by atoms with van der Waals surface area (Å²) >= 11 is 0. The van der Waals surface area contributed by atoms with Gasteiger partial charge in [-0.15, -0.1) is 0 Å². The number of hydrogen-bond acceptors (Lipinski definition) is 4. The Labute approximate surface area is 148 Å². The van der Waals surface area contributed by atoms with E-state index in [2.05, 4.69) is 0 Å². The topological polar surface area (TPSA) is 73.4 Å². The van der Waals surface area contributed by atoms with Gasteiger partial charge in [0.15, 0.2) is 0 Å². The molecule has 0 spiro atoms. The number of aromatic nitrogens is 2. The number of rotatable bonds is 2. The highest BCUT2D eigenvalue weighted by atomic mass is 16.6. The molecule has 1 aliphatic rings. The average Bonchev–Trinajstić information content (AvgIpc) is 3.13. The van der Waals surface area contributed by atoms with Crippen LogP contribution in [0.4, 0.5) is 10.6 Å². The summed E-state index contributed by atoms with van der Waals surface area (Å²) in [7, 11) is 0. The third kappa shape index (κ3) is 3.48. The predicted molar refractivity (Wildman–Crippen MR) is 97.6 cm³/mol. The van der Waals surface area contributed by atoms with Crippen molar-refractivity contribution in [3.05, 3.63) is 41.6 Å². The Balaban J connectivity index is 1.92. The Bertz CT molecular complexity index is 762. The number of ether oxygens (including phenoxy) is 1. The molecule has 2 heterocycles. The highest BCUT2D eigenvalue weighted by Crippen LogP contribution is 2.36. The summed E-state index contributed by atoms with van der Waals surface area (Å²) in [4.78, 5) is 14.3. The molecule has 0 unspecified atom stereocenters. The van der Waals surface area contributed by atoms with E-state index in [1.54, 1.807) is 9.58 Å². The third-order valence-corrected chi connectivity index (χ3v) is 4.40. The van der Waals surface area contributed by atoms with Crippen LogP contribution in [0.15, 0.2) is 30.3 Å². The molecule has 0 aliphatic carbocycles. The first-order valence-corrected chi connectivity index (χ1v) is 8.68. The van der Waals surface area contributed by atoms with E-state index in [-0.39, 0.29) is 12.1 Å². The van der Waals surface area contributed by atoms with Crippen molar-refractivity contribution in [3.63, 3.8) is 0 Å². The first-order chi connectivity index (χ1) is 11.8. The predicted octanol–water partition coefficient (Wildman–Crippen LogP) is 3.83. The van der Waals surface area contributed by atoms with Crippen LogP contribution < -0.4 is 5.73 Å². The van der Waals surface area contributed by atoms with Gasteiger partial charge >= 0.3 is 6.09 Å². The fourth-order valence-electron chi connectivity index (χ4n) is 3.20. The van der Waals surface area contributed by atoms with Crippen LogP contribution in [-0.4, -0.2) is 32.9 Å². The minimum Gasteiger partial charge on any atom is -0.444 e. The molecule has 0 saturated carbocycles. The zero-order valence-corrected chi connectivity index (χ0v) is 15.3. The Morgan fingerprint density at radius 2 is 1.96 bits per heavy atom. The van der Waals surface area contributed by atoms with Crippen LogP contribution >= 0.6 is 0 Å². The fourth-order valence-corrected chi connectivity index (χ4v) is 3.20. The second-order valence-electron chi connectivity index (χ2n) is 7.47. The van der Waals surface area contributed by atoms with Gasteiger partial charge in [0, 0.05) is 12.1 Å². The lowest BCUT2D eigenvalue weighted by Crippen LogP contribution is -2.36. The molecule has 1 aromatic heterocycles. The second kappa shape index (κ2) is 6.43. The monoisotopic (exact) mass is 342 g/mol. The summed E-state index contributed by atoms with van der Waals surface area (Å²) in [5, 5.41) is 4.73. The smallest absolute Gasteiger partial charge is 0.410 e. The number of carbonyl (C=O) groups excluding carboxylic acids is 1. The minimum atomic E-state index is -0.512. The number of benzene rings is 1. The van der Waals surface area contributed by atoms with Crippen LogP contribution in [0, 0.1) is 6.92 Å². The molecule has 1 fully saturated rings. The van der Waals surface area contributed by atoms with Crippen molar-refractivity contribution >= 4 is 11.9 Å². The summed E-state index contributed by atoms with van der Waals surface area (Å²) in [5.74, 6) is 0.609. The molecule has 2 aromatic rings. The van der Waals surface area contributed by atoms with E-state index in [0.29, 0.717) is 12.4 Å². The molecule has 6 nitrogen and oxygen atoms in total. The normalized spacial score (nSPS) is 17.8. The van der Waals surface area contributed by atoms with Gasteiger partial charge in [-0.25, -0.2) is 9.48 Å². The molecule has 134 valence electrons. The quantitative estimate of drug-likeness (QED) is 0.900. The van der Waals surface area contributed by atoms with Gasteiger partial charge in [-0.05, 0) is 52.7 Å². The molecule has 1 atom stereocenters. The number of nitrogen functional groups attached to an aromatic ring is 1. The maximum Gasteiger partial charge on any atom is 0.410 e. The van der Waals surface area contributed by atoms with Crippen molar-refractivity contribution in [2.75, 3.05) is 12.3 Å². The van der Waals surface area contributed by atoms with E-state index in [1.165, 1.54) is 0 Å². The van der Waals surface area contributed by atoms with Crippen molar-refractivity contribution in [2.45, 2.75) is 52.2 Å². The number of carbonyl (C=O) groups is 1. The van der Waals surface area contributed by atoms with E-state index >= 15 is 0 Å². The number of para-hydroxylation sites is 1. The Morgan fingerprint density at radius 3 is 2.60 bits per heavy atom. The first-order valence-electron chi connectivity index (χ1n) is 8.68. The lowest BCUT2D eigenvalue weighted by Gasteiger charge is -2.28. The average molecular weight is 342 g/mol. The largest absolute Gasteiger partial charge is 0.444 e. The maximum absolute atomic E-state index is 12.6. The summed E-state index contributed by atoms with van der Waals surface area (Å²) in [5.41, 5.74) is 8.47. The minimum absolute atomic E-state index is 0.0953. The van der Waals surface area contributed by atoms with Crippen LogP contribution in [0.3, 0.4) is 0 Å². The number of amides is 1. The zero-order chi connectivity index (χ0) is 18.2. The standard InChI is InChI=1S/C19H26N4O2/c1-13-16(21-23(17(13)20)14-9-6-5-7-10-14)15-11-8-12-22(15)18(24)25-19(2,3)4/h5-7,9-10,15H,8,11-12,20H2,1-4H3/t15-/m0/s1. The van der Waals surface area contributed by atoms with Crippen LogP contribution in [-0.2, 0) is 4.74 Å². The summed E-state index contributed by atoms with van der Waals surface area (Å²) in [6, 6.07) is 9.70. The van der Waals surface area contributed by atoms with Gasteiger partial charge in [0.25, 0.3) is 0 Å². The van der Waals surface area contributed by atoms with Crippen LogP contribution in [0.25, 0.3) is 5.69 Å². The van der Waals surface area contributed by atoms with E-state index in [9.17, 15) is 4.79 Å².